The van der Waals surface area contributed by atoms with Crippen LogP contribution in [0.2, 0.25) is 0 Å². The largest absolute Gasteiger partial charge is 0.381 e. The summed E-state index contributed by atoms with van der Waals surface area (Å²) < 4.78 is 0. The predicted molar refractivity (Wildman–Crippen MR) is 57.2 cm³/mol. The molecule has 1 aromatic rings. The van der Waals surface area contributed by atoms with Gasteiger partial charge in [0.1, 0.15) is 6.10 Å². The molecule has 1 N–H and O–H groups in total. The lowest BCUT2D eigenvalue weighted by Crippen LogP contribution is -2.26. The number of hydrogen-bond acceptors (Lipinski definition) is 3. The highest BCUT2D eigenvalue weighted by Gasteiger charge is 2.28. The lowest BCUT2D eigenvalue weighted by Gasteiger charge is -2.14. The first-order chi connectivity index (χ1) is 7.06. The maximum Gasteiger partial charge on any atom is 0.242 e. The summed E-state index contributed by atoms with van der Waals surface area (Å²) >= 11 is 0. The Morgan fingerprint density at radius 1 is 1.40 bits per heavy atom. The summed E-state index contributed by atoms with van der Waals surface area (Å²) in [5.74, 6) is 0. The highest BCUT2D eigenvalue weighted by molar-refractivity contribution is 5.23. The van der Waals surface area contributed by atoms with Crippen molar-refractivity contribution in [3.05, 3.63) is 45.5 Å². The average molecular weight is 209 g/mol. The second-order valence-corrected chi connectivity index (χ2v) is 3.62. The normalized spacial score (nSPS) is 14.6. The first kappa shape index (κ1) is 11.7. The van der Waals surface area contributed by atoms with Crippen LogP contribution < -0.4 is 0 Å². The van der Waals surface area contributed by atoms with E-state index in [0.717, 1.165) is 5.56 Å². The minimum Gasteiger partial charge on any atom is -0.381 e. The van der Waals surface area contributed by atoms with Gasteiger partial charge in [-0.1, -0.05) is 36.8 Å². The molecule has 0 spiro atoms. The van der Waals surface area contributed by atoms with Gasteiger partial charge >= 0.3 is 0 Å². The van der Waals surface area contributed by atoms with Crippen LogP contribution in [-0.2, 0) is 0 Å². The molecular formula is C11H15NO3. The predicted octanol–water partition coefficient (Wildman–Crippen LogP) is 2.08. The van der Waals surface area contributed by atoms with Crippen molar-refractivity contribution in [3.63, 3.8) is 0 Å². The van der Waals surface area contributed by atoms with Gasteiger partial charge in [0.25, 0.3) is 0 Å². The molecule has 0 bridgehead atoms. The van der Waals surface area contributed by atoms with Crippen LogP contribution in [0.3, 0.4) is 0 Å². The molecule has 2 atom stereocenters. The fourth-order valence-corrected chi connectivity index (χ4v) is 1.47. The first-order valence-corrected chi connectivity index (χ1v) is 4.94. The van der Waals surface area contributed by atoms with Crippen LogP contribution in [0.25, 0.3) is 0 Å². The van der Waals surface area contributed by atoms with Gasteiger partial charge in [-0.25, -0.2) is 0 Å². The van der Waals surface area contributed by atoms with E-state index in [0.29, 0.717) is 12.0 Å². The van der Waals surface area contributed by atoms with Gasteiger partial charge in [0.15, 0.2) is 0 Å². The van der Waals surface area contributed by atoms with Crippen LogP contribution >= 0.6 is 0 Å². The van der Waals surface area contributed by atoms with E-state index in [1.807, 2.05) is 19.1 Å². The van der Waals surface area contributed by atoms with Crippen LogP contribution in [0.15, 0.2) is 24.3 Å². The van der Waals surface area contributed by atoms with Crippen molar-refractivity contribution < 1.29 is 10.0 Å². The maximum atomic E-state index is 10.7. The average Bonchev–Trinajstić information content (AvgIpc) is 2.19. The molecule has 0 heterocycles. The van der Waals surface area contributed by atoms with Gasteiger partial charge in [0.05, 0.1) is 0 Å². The van der Waals surface area contributed by atoms with Gasteiger partial charge in [-0.2, -0.15) is 0 Å². The molecule has 0 aliphatic rings. The van der Waals surface area contributed by atoms with Crippen LogP contribution in [0, 0.1) is 17.0 Å². The third kappa shape index (κ3) is 2.76. The van der Waals surface area contributed by atoms with E-state index >= 15 is 0 Å². The van der Waals surface area contributed by atoms with Gasteiger partial charge in [-0.05, 0) is 12.5 Å². The zero-order valence-electron chi connectivity index (χ0n) is 8.88. The molecule has 0 aromatic heterocycles. The van der Waals surface area contributed by atoms with Crippen molar-refractivity contribution in [2.24, 2.45) is 0 Å². The second kappa shape index (κ2) is 4.89. The lowest BCUT2D eigenvalue weighted by atomic mass is 10.00. The van der Waals surface area contributed by atoms with E-state index in [4.69, 9.17) is 0 Å². The molecule has 0 fully saturated rings. The number of aliphatic hydroxyl groups excluding tert-OH is 1. The molecule has 1 rings (SSSR count). The van der Waals surface area contributed by atoms with Crippen molar-refractivity contribution in [2.45, 2.75) is 32.4 Å². The summed E-state index contributed by atoms with van der Waals surface area (Å²) in [7, 11) is 0. The SMILES string of the molecule is CC[C@H]([C@H](O)c1ccc(C)cc1)[N+](=O)[O-]. The number of aliphatic hydroxyl groups is 1. The third-order valence-corrected chi connectivity index (χ3v) is 2.47. The quantitative estimate of drug-likeness (QED) is 0.610. The number of aryl methyl sites for hydroxylation is 1. The molecule has 0 radical (unpaired) electrons. The topological polar surface area (TPSA) is 63.4 Å². The number of nitrogens with zero attached hydrogens (tertiary/aromatic N) is 1. The van der Waals surface area contributed by atoms with E-state index < -0.39 is 17.1 Å². The number of hydrogen-bond donors (Lipinski definition) is 1. The Morgan fingerprint density at radius 3 is 2.33 bits per heavy atom. The van der Waals surface area contributed by atoms with E-state index in [1.54, 1.807) is 19.1 Å². The molecule has 0 aliphatic heterocycles. The maximum absolute atomic E-state index is 10.7. The van der Waals surface area contributed by atoms with Crippen LogP contribution in [-0.4, -0.2) is 16.1 Å². The number of nitro groups is 1. The molecule has 4 nitrogen and oxygen atoms in total. The summed E-state index contributed by atoms with van der Waals surface area (Å²) in [6.07, 6.45) is -0.701. The molecule has 0 saturated carbocycles. The molecule has 82 valence electrons. The molecule has 0 saturated heterocycles. The lowest BCUT2D eigenvalue weighted by molar-refractivity contribution is -0.536. The Morgan fingerprint density at radius 2 is 1.93 bits per heavy atom. The summed E-state index contributed by atoms with van der Waals surface area (Å²) in [6.45, 7) is 3.63. The minimum absolute atomic E-state index is 0.321. The van der Waals surface area contributed by atoms with E-state index in [-0.39, 0.29) is 0 Å². The molecule has 0 aliphatic carbocycles. The Labute approximate surface area is 88.7 Å². The van der Waals surface area contributed by atoms with Crippen LogP contribution in [0.1, 0.15) is 30.6 Å². The van der Waals surface area contributed by atoms with Crippen molar-refractivity contribution in [1.82, 2.24) is 0 Å². The number of benzene rings is 1. The highest BCUT2D eigenvalue weighted by atomic mass is 16.6. The Kier molecular flexibility index (Phi) is 3.80. The summed E-state index contributed by atoms with van der Waals surface area (Å²) in [5.41, 5.74) is 1.67. The van der Waals surface area contributed by atoms with Crippen molar-refractivity contribution in [2.75, 3.05) is 0 Å². The van der Waals surface area contributed by atoms with Gasteiger partial charge in [-0.15, -0.1) is 0 Å². The first-order valence-electron chi connectivity index (χ1n) is 4.94. The highest BCUT2D eigenvalue weighted by Crippen LogP contribution is 2.21. The Bertz CT molecular complexity index is 334. The van der Waals surface area contributed by atoms with Crippen molar-refractivity contribution in [3.8, 4) is 0 Å². The fourth-order valence-electron chi connectivity index (χ4n) is 1.47. The van der Waals surface area contributed by atoms with Gasteiger partial charge in [0.2, 0.25) is 6.04 Å². The summed E-state index contributed by atoms with van der Waals surface area (Å²) in [6, 6.07) is 6.21. The van der Waals surface area contributed by atoms with Gasteiger partial charge in [0, 0.05) is 11.3 Å². The summed E-state index contributed by atoms with van der Waals surface area (Å²) in [5, 5.41) is 20.5. The monoisotopic (exact) mass is 209 g/mol. The zero-order chi connectivity index (χ0) is 11.4. The Hall–Kier alpha value is -1.42. The molecule has 1 aromatic carbocycles. The van der Waals surface area contributed by atoms with Crippen LogP contribution in [0.5, 0.6) is 0 Å². The Balaban J connectivity index is 2.87. The minimum atomic E-state index is -1.02. The molecule has 4 heteroatoms. The van der Waals surface area contributed by atoms with E-state index in [1.165, 1.54) is 0 Å². The number of rotatable bonds is 4. The fraction of sp³-hybridized carbons (Fsp3) is 0.455. The van der Waals surface area contributed by atoms with Crippen molar-refractivity contribution in [1.29, 1.82) is 0 Å². The van der Waals surface area contributed by atoms with Gasteiger partial charge in [-0.3, -0.25) is 10.1 Å². The molecule has 0 amide bonds. The summed E-state index contributed by atoms with van der Waals surface area (Å²) in [4.78, 5) is 10.2. The van der Waals surface area contributed by atoms with Crippen LogP contribution in [0.4, 0.5) is 0 Å². The third-order valence-electron chi connectivity index (χ3n) is 2.47. The van der Waals surface area contributed by atoms with Gasteiger partial charge < -0.3 is 5.11 Å². The molecular weight excluding hydrogens is 194 g/mol. The van der Waals surface area contributed by atoms with Crippen molar-refractivity contribution >= 4 is 0 Å². The smallest absolute Gasteiger partial charge is 0.242 e. The van der Waals surface area contributed by atoms with E-state index in [2.05, 4.69) is 0 Å². The molecule has 15 heavy (non-hydrogen) atoms. The second-order valence-electron chi connectivity index (χ2n) is 3.62. The molecule has 0 unspecified atom stereocenters. The standard InChI is InChI=1S/C11H15NO3/c1-3-10(12(14)15)11(13)9-6-4-8(2)5-7-9/h4-7,10-11,13H,3H2,1-2H3/t10-,11-/m1/s1. The van der Waals surface area contributed by atoms with E-state index in [9.17, 15) is 15.2 Å². The zero-order valence-corrected chi connectivity index (χ0v) is 8.88.